The predicted molar refractivity (Wildman–Crippen MR) is 85.7 cm³/mol. The van der Waals surface area contributed by atoms with Crippen LogP contribution in [0.15, 0.2) is 28.7 Å². The summed E-state index contributed by atoms with van der Waals surface area (Å²) < 4.78 is 0.971. The fraction of sp³-hybridized carbons (Fsp3) is 0.500. The van der Waals surface area contributed by atoms with Gasteiger partial charge in [0.25, 0.3) is 0 Å². The lowest BCUT2D eigenvalue weighted by Crippen LogP contribution is -2.62. The molecule has 2 amide bonds. The number of hydrogen-bond donors (Lipinski definition) is 1. The zero-order chi connectivity index (χ0) is 15.6. The Balaban J connectivity index is 2.30. The largest absolute Gasteiger partial charge is 0.343 e. The zero-order valence-corrected chi connectivity index (χ0v) is 14.2. The van der Waals surface area contributed by atoms with E-state index in [2.05, 4.69) is 21.2 Å². The minimum atomic E-state index is -0.445. The molecule has 2 rings (SSSR count). The van der Waals surface area contributed by atoms with Gasteiger partial charge in [0.15, 0.2) is 0 Å². The molecule has 4 nitrogen and oxygen atoms in total. The molecule has 1 aliphatic heterocycles. The van der Waals surface area contributed by atoms with Gasteiger partial charge in [-0.2, -0.15) is 0 Å². The van der Waals surface area contributed by atoms with Gasteiger partial charge in [-0.05, 0) is 38.0 Å². The van der Waals surface area contributed by atoms with Crippen LogP contribution in [0.1, 0.15) is 45.2 Å². The smallest absolute Gasteiger partial charge is 0.246 e. The number of nitrogens with one attached hydrogen (secondary N) is 1. The Hall–Kier alpha value is -1.36. The van der Waals surface area contributed by atoms with Crippen LogP contribution in [0, 0.1) is 0 Å². The molecule has 1 aromatic rings. The number of benzene rings is 1. The Morgan fingerprint density at radius 2 is 2.10 bits per heavy atom. The first-order valence-corrected chi connectivity index (χ1v) is 8.13. The molecule has 1 heterocycles. The van der Waals surface area contributed by atoms with Crippen molar-refractivity contribution in [1.82, 2.24) is 10.2 Å². The lowest BCUT2D eigenvalue weighted by molar-refractivity contribution is -0.151. The number of rotatable bonds is 4. The predicted octanol–water partition coefficient (Wildman–Crippen LogP) is 3.03. The standard InChI is InChI=1S/C16H21BrN2O2/c1-4-6-14-16(21)19(11(3)15(20)18-14)10(2)12-7-5-8-13(17)9-12/h5,7-11,14H,4,6H2,1-3H3,(H,18,20). The minimum Gasteiger partial charge on any atom is -0.343 e. The molecule has 5 heteroatoms. The van der Waals surface area contributed by atoms with E-state index in [-0.39, 0.29) is 17.9 Å². The van der Waals surface area contributed by atoms with Gasteiger partial charge in [0.05, 0.1) is 6.04 Å². The summed E-state index contributed by atoms with van der Waals surface area (Å²) in [6.07, 6.45) is 1.54. The summed E-state index contributed by atoms with van der Waals surface area (Å²) >= 11 is 3.45. The summed E-state index contributed by atoms with van der Waals surface area (Å²) in [5.41, 5.74) is 1.02. The number of halogens is 1. The Morgan fingerprint density at radius 3 is 2.71 bits per heavy atom. The molecular weight excluding hydrogens is 332 g/mol. The minimum absolute atomic E-state index is 0.0106. The summed E-state index contributed by atoms with van der Waals surface area (Å²) in [7, 11) is 0. The number of amides is 2. The number of hydrogen-bond acceptors (Lipinski definition) is 2. The van der Waals surface area contributed by atoms with Gasteiger partial charge in [0.1, 0.15) is 12.1 Å². The van der Waals surface area contributed by atoms with Crippen LogP contribution in [0.3, 0.4) is 0 Å². The second kappa shape index (κ2) is 6.60. The van der Waals surface area contributed by atoms with Crippen molar-refractivity contribution in [3.63, 3.8) is 0 Å². The Labute approximate surface area is 134 Å². The van der Waals surface area contributed by atoms with Crippen molar-refractivity contribution in [3.05, 3.63) is 34.3 Å². The van der Waals surface area contributed by atoms with Crippen LogP contribution in [0.25, 0.3) is 0 Å². The summed E-state index contributed by atoms with van der Waals surface area (Å²) in [5, 5.41) is 2.83. The Morgan fingerprint density at radius 1 is 1.38 bits per heavy atom. The van der Waals surface area contributed by atoms with Crippen LogP contribution >= 0.6 is 15.9 Å². The molecule has 0 saturated carbocycles. The van der Waals surface area contributed by atoms with Gasteiger partial charge < -0.3 is 10.2 Å². The number of nitrogens with zero attached hydrogens (tertiary/aromatic N) is 1. The zero-order valence-electron chi connectivity index (χ0n) is 12.6. The molecule has 21 heavy (non-hydrogen) atoms. The molecular formula is C16H21BrN2O2. The van der Waals surface area contributed by atoms with Crippen molar-refractivity contribution in [2.75, 3.05) is 0 Å². The second-order valence-corrected chi connectivity index (χ2v) is 6.42. The third-order valence-corrected chi connectivity index (χ3v) is 4.48. The highest BCUT2D eigenvalue weighted by atomic mass is 79.9. The molecule has 0 aliphatic carbocycles. The van der Waals surface area contributed by atoms with Gasteiger partial charge in [-0.15, -0.1) is 0 Å². The lowest BCUT2D eigenvalue weighted by atomic mass is 9.99. The van der Waals surface area contributed by atoms with E-state index in [1.165, 1.54) is 0 Å². The molecule has 1 aliphatic rings. The van der Waals surface area contributed by atoms with Crippen LogP contribution in [-0.2, 0) is 9.59 Å². The van der Waals surface area contributed by atoms with Crippen LogP contribution in [0.4, 0.5) is 0 Å². The van der Waals surface area contributed by atoms with E-state index in [9.17, 15) is 9.59 Å². The van der Waals surface area contributed by atoms with E-state index < -0.39 is 12.1 Å². The summed E-state index contributed by atoms with van der Waals surface area (Å²) in [5.74, 6) is -0.0636. The maximum Gasteiger partial charge on any atom is 0.246 e. The number of carbonyl (C=O) groups is 2. The Kier molecular flexibility index (Phi) is 5.04. The van der Waals surface area contributed by atoms with Crippen molar-refractivity contribution >= 4 is 27.7 Å². The fourth-order valence-electron chi connectivity index (χ4n) is 2.79. The third-order valence-electron chi connectivity index (χ3n) is 3.99. The van der Waals surface area contributed by atoms with Gasteiger partial charge in [-0.25, -0.2) is 0 Å². The molecule has 3 unspecified atom stereocenters. The first-order valence-electron chi connectivity index (χ1n) is 7.33. The highest BCUT2D eigenvalue weighted by Crippen LogP contribution is 2.28. The summed E-state index contributed by atoms with van der Waals surface area (Å²) in [6.45, 7) is 5.77. The molecule has 0 aromatic heterocycles. The molecule has 0 radical (unpaired) electrons. The SMILES string of the molecule is CCCC1NC(=O)C(C)N(C(C)c2cccc(Br)c2)C1=O. The van der Waals surface area contributed by atoms with Crippen molar-refractivity contribution in [2.24, 2.45) is 0 Å². The van der Waals surface area contributed by atoms with Gasteiger partial charge >= 0.3 is 0 Å². The first kappa shape index (κ1) is 16.0. The van der Waals surface area contributed by atoms with Crippen LogP contribution in [-0.4, -0.2) is 28.8 Å². The lowest BCUT2D eigenvalue weighted by Gasteiger charge is -2.41. The average Bonchev–Trinajstić information content (AvgIpc) is 2.45. The number of piperazine rings is 1. The average molecular weight is 353 g/mol. The second-order valence-electron chi connectivity index (χ2n) is 5.50. The van der Waals surface area contributed by atoms with E-state index in [0.717, 1.165) is 16.5 Å². The summed E-state index contributed by atoms with van der Waals surface area (Å²) in [4.78, 5) is 26.5. The van der Waals surface area contributed by atoms with Gasteiger partial charge in [-0.3, -0.25) is 9.59 Å². The molecule has 0 spiro atoms. The van der Waals surface area contributed by atoms with E-state index >= 15 is 0 Å². The van der Waals surface area contributed by atoms with Crippen molar-refractivity contribution in [2.45, 2.75) is 51.7 Å². The third kappa shape index (κ3) is 3.28. The highest BCUT2D eigenvalue weighted by molar-refractivity contribution is 9.10. The monoisotopic (exact) mass is 352 g/mol. The highest BCUT2D eigenvalue weighted by Gasteiger charge is 2.40. The Bertz CT molecular complexity index is 547. The van der Waals surface area contributed by atoms with Crippen molar-refractivity contribution in [3.8, 4) is 0 Å². The maximum atomic E-state index is 12.7. The van der Waals surface area contributed by atoms with E-state index in [4.69, 9.17) is 0 Å². The van der Waals surface area contributed by atoms with Gasteiger partial charge in [0, 0.05) is 4.47 Å². The van der Waals surface area contributed by atoms with Crippen molar-refractivity contribution in [1.29, 1.82) is 0 Å². The van der Waals surface area contributed by atoms with E-state index in [1.807, 2.05) is 38.1 Å². The molecule has 1 fully saturated rings. The van der Waals surface area contributed by atoms with E-state index in [0.29, 0.717) is 6.42 Å². The van der Waals surface area contributed by atoms with Crippen molar-refractivity contribution < 1.29 is 9.59 Å². The number of carbonyl (C=O) groups excluding carboxylic acids is 2. The molecule has 114 valence electrons. The quantitative estimate of drug-likeness (QED) is 0.905. The first-order chi connectivity index (χ1) is 9.95. The van der Waals surface area contributed by atoms with Crippen LogP contribution < -0.4 is 5.32 Å². The van der Waals surface area contributed by atoms with Gasteiger partial charge in [0.2, 0.25) is 11.8 Å². The maximum absolute atomic E-state index is 12.7. The van der Waals surface area contributed by atoms with Crippen LogP contribution in [0.2, 0.25) is 0 Å². The topological polar surface area (TPSA) is 49.4 Å². The molecule has 0 bridgehead atoms. The molecule has 1 N–H and O–H groups in total. The fourth-order valence-corrected chi connectivity index (χ4v) is 3.21. The summed E-state index contributed by atoms with van der Waals surface area (Å²) in [6, 6.07) is 6.90. The van der Waals surface area contributed by atoms with E-state index in [1.54, 1.807) is 11.8 Å². The molecule has 1 aromatic carbocycles. The normalized spacial score (nSPS) is 23.9. The molecule has 1 saturated heterocycles. The van der Waals surface area contributed by atoms with Crippen LogP contribution in [0.5, 0.6) is 0 Å². The molecule has 3 atom stereocenters. The van der Waals surface area contributed by atoms with Gasteiger partial charge in [-0.1, -0.05) is 41.4 Å².